The van der Waals surface area contributed by atoms with Crippen LogP contribution in [0.2, 0.25) is 0 Å². The van der Waals surface area contributed by atoms with Crippen LogP contribution in [0.3, 0.4) is 0 Å². The van der Waals surface area contributed by atoms with Crippen molar-refractivity contribution in [3.05, 3.63) is 35.9 Å². The summed E-state index contributed by atoms with van der Waals surface area (Å²) in [5, 5.41) is 2.55. The number of nitrogens with one attached hydrogen (secondary N) is 2. The third-order valence-electron chi connectivity index (χ3n) is 2.69. The lowest BCUT2D eigenvalue weighted by atomic mass is 10.1. The summed E-state index contributed by atoms with van der Waals surface area (Å²) in [4.78, 5) is 27.7. The van der Waals surface area contributed by atoms with Gasteiger partial charge in [-0.1, -0.05) is 30.3 Å². The SMILES string of the molecule is N[C@H](Cc1ccccc1)C(=O)N[C@@H]1CONC1=O. The number of nitrogens with two attached hydrogens (primary N) is 1. The Labute approximate surface area is 104 Å². The largest absolute Gasteiger partial charge is 0.341 e. The Bertz CT molecular complexity index is 435. The van der Waals surface area contributed by atoms with Crippen molar-refractivity contribution in [3.63, 3.8) is 0 Å². The maximum Gasteiger partial charge on any atom is 0.268 e. The molecule has 1 fully saturated rings. The average molecular weight is 249 g/mol. The highest BCUT2D eigenvalue weighted by molar-refractivity contribution is 5.90. The Morgan fingerprint density at radius 1 is 1.50 bits per heavy atom. The van der Waals surface area contributed by atoms with Gasteiger partial charge in [0.2, 0.25) is 5.91 Å². The van der Waals surface area contributed by atoms with Crippen molar-refractivity contribution in [2.75, 3.05) is 6.61 Å². The van der Waals surface area contributed by atoms with Gasteiger partial charge in [-0.3, -0.25) is 14.4 Å². The van der Waals surface area contributed by atoms with Gasteiger partial charge in [-0.15, -0.1) is 0 Å². The van der Waals surface area contributed by atoms with E-state index in [0.717, 1.165) is 5.56 Å². The van der Waals surface area contributed by atoms with E-state index in [0.29, 0.717) is 6.42 Å². The first kappa shape index (κ1) is 12.5. The monoisotopic (exact) mass is 249 g/mol. The highest BCUT2D eigenvalue weighted by atomic mass is 16.7. The van der Waals surface area contributed by atoms with Crippen LogP contribution < -0.4 is 16.5 Å². The van der Waals surface area contributed by atoms with Gasteiger partial charge in [0, 0.05) is 0 Å². The molecule has 1 aliphatic heterocycles. The second kappa shape index (κ2) is 5.61. The van der Waals surface area contributed by atoms with Gasteiger partial charge >= 0.3 is 0 Å². The zero-order chi connectivity index (χ0) is 13.0. The summed E-state index contributed by atoms with van der Waals surface area (Å²) in [5.74, 6) is -0.709. The Morgan fingerprint density at radius 3 is 2.83 bits per heavy atom. The van der Waals surface area contributed by atoms with Crippen molar-refractivity contribution >= 4 is 11.8 Å². The molecule has 6 nitrogen and oxygen atoms in total. The first-order valence-corrected chi connectivity index (χ1v) is 5.68. The third-order valence-corrected chi connectivity index (χ3v) is 2.69. The summed E-state index contributed by atoms with van der Waals surface area (Å²) < 4.78 is 0. The van der Waals surface area contributed by atoms with Crippen LogP contribution in [0, 0.1) is 0 Å². The number of rotatable bonds is 4. The fourth-order valence-corrected chi connectivity index (χ4v) is 1.69. The van der Waals surface area contributed by atoms with Crippen LogP contribution in [-0.2, 0) is 20.8 Å². The smallest absolute Gasteiger partial charge is 0.268 e. The summed E-state index contributed by atoms with van der Waals surface area (Å²) in [5.41, 5.74) is 8.94. The van der Waals surface area contributed by atoms with Gasteiger partial charge in [0.15, 0.2) is 0 Å². The Balaban J connectivity index is 1.87. The van der Waals surface area contributed by atoms with E-state index in [1.54, 1.807) is 0 Å². The molecule has 0 radical (unpaired) electrons. The molecule has 4 N–H and O–H groups in total. The molecule has 1 aromatic rings. The number of carbonyl (C=O) groups excluding carboxylic acids is 2. The second-order valence-electron chi connectivity index (χ2n) is 4.13. The van der Waals surface area contributed by atoms with Crippen LogP contribution in [0.4, 0.5) is 0 Å². The maximum atomic E-state index is 11.8. The number of carbonyl (C=O) groups is 2. The lowest BCUT2D eigenvalue weighted by Gasteiger charge is -2.14. The molecule has 1 heterocycles. The zero-order valence-corrected chi connectivity index (χ0v) is 9.76. The molecule has 0 bridgehead atoms. The minimum absolute atomic E-state index is 0.128. The molecule has 1 aromatic carbocycles. The fourth-order valence-electron chi connectivity index (χ4n) is 1.69. The molecule has 0 unspecified atom stereocenters. The standard InChI is InChI=1S/C12H15N3O3/c13-9(6-8-4-2-1-3-5-8)11(16)14-10-7-18-15-12(10)17/h1-5,9-10H,6-7,13H2,(H,14,16)(H,15,17)/t9-,10-/m1/s1. The van der Waals surface area contributed by atoms with Gasteiger partial charge in [-0.2, -0.15) is 0 Å². The van der Waals surface area contributed by atoms with Crippen LogP contribution in [0.25, 0.3) is 0 Å². The Hall–Kier alpha value is -1.92. The van der Waals surface area contributed by atoms with E-state index in [-0.39, 0.29) is 18.4 Å². The number of hydrogen-bond acceptors (Lipinski definition) is 4. The summed E-state index contributed by atoms with van der Waals surface area (Å²) in [6.07, 6.45) is 0.432. The van der Waals surface area contributed by atoms with E-state index >= 15 is 0 Å². The normalized spacial score (nSPS) is 20.3. The van der Waals surface area contributed by atoms with Crippen LogP contribution in [0.1, 0.15) is 5.56 Å². The average Bonchev–Trinajstić information content (AvgIpc) is 2.76. The highest BCUT2D eigenvalue weighted by Crippen LogP contribution is 2.02. The van der Waals surface area contributed by atoms with Crippen molar-refractivity contribution in [1.82, 2.24) is 10.8 Å². The summed E-state index contributed by atoms with van der Waals surface area (Å²) in [7, 11) is 0. The fraction of sp³-hybridized carbons (Fsp3) is 0.333. The molecule has 6 heteroatoms. The molecule has 2 amide bonds. The molecule has 1 saturated heterocycles. The highest BCUT2D eigenvalue weighted by Gasteiger charge is 2.28. The lowest BCUT2D eigenvalue weighted by Crippen LogP contribution is -2.49. The quantitative estimate of drug-likeness (QED) is 0.645. The molecular weight excluding hydrogens is 234 g/mol. The van der Waals surface area contributed by atoms with Gasteiger partial charge in [-0.25, -0.2) is 5.48 Å². The van der Waals surface area contributed by atoms with E-state index in [1.165, 1.54) is 0 Å². The van der Waals surface area contributed by atoms with Gasteiger partial charge in [0.25, 0.3) is 5.91 Å². The topological polar surface area (TPSA) is 93.5 Å². The lowest BCUT2D eigenvalue weighted by molar-refractivity contribution is -0.129. The molecular formula is C12H15N3O3. The van der Waals surface area contributed by atoms with E-state index < -0.39 is 12.1 Å². The third kappa shape index (κ3) is 3.06. The minimum atomic E-state index is -0.680. The van der Waals surface area contributed by atoms with Gasteiger partial charge < -0.3 is 11.1 Å². The molecule has 1 aliphatic rings. The van der Waals surface area contributed by atoms with Crippen molar-refractivity contribution < 1.29 is 14.4 Å². The molecule has 2 rings (SSSR count). The van der Waals surface area contributed by atoms with Gasteiger partial charge in [-0.05, 0) is 12.0 Å². The molecule has 0 aromatic heterocycles. The van der Waals surface area contributed by atoms with E-state index in [4.69, 9.17) is 10.6 Å². The zero-order valence-electron chi connectivity index (χ0n) is 9.76. The molecule has 96 valence electrons. The van der Waals surface area contributed by atoms with E-state index in [2.05, 4.69) is 10.8 Å². The number of benzene rings is 1. The van der Waals surface area contributed by atoms with Crippen LogP contribution >= 0.6 is 0 Å². The van der Waals surface area contributed by atoms with Gasteiger partial charge in [0.05, 0.1) is 6.04 Å². The first-order chi connectivity index (χ1) is 8.66. The van der Waals surface area contributed by atoms with E-state index in [9.17, 15) is 9.59 Å². The second-order valence-corrected chi connectivity index (χ2v) is 4.13. The van der Waals surface area contributed by atoms with Gasteiger partial charge in [0.1, 0.15) is 12.6 Å². The summed E-state index contributed by atoms with van der Waals surface area (Å²) in [6.45, 7) is 0.128. The van der Waals surface area contributed by atoms with Crippen molar-refractivity contribution in [1.29, 1.82) is 0 Å². The van der Waals surface area contributed by atoms with Crippen molar-refractivity contribution in [3.8, 4) is 0 Å². The predicted molar refractivity (Wildman–Crippen MR) is 64.1 cm³/mol. The summed E-state index contributed by atoms with van der Waals surface area (Å²) in [6, 6.07) is 8.14. The molecule has 0 saturated carbocycles. The number of hydrogen-bond donors (Lipinski definition) is 3. The predicted octanol–water partition coefficient (Wildman–Crippen LogP) is -0.897. The Kier molecular flexibility index (Phi) is 3.91. The molecule has 0 spiro atoms. The molecule has 18 heavy (non-hydrogen) atoms. The van der Waals surface area contributed by atoms with Crippen LogP contribution in [0.5, 0.6) is 0 Å². The molecule has 2 atom stereocenters. The first-order valence-electron chi connectivity index (χ1n) is 5.68. The Morgan fingerprint density at radius 2 is 2.22 bits per heavy atom. The van der Waals surface area contributed by atoms with Crippen LogP contribution in [0.15, 0.2) is 30.3 Å². The molecule has 0 aliphatic carbocycles. The van der Waals surface area contributed by atoms with Crippen LogP contribution in [-0.4, -0.2) is 30.5 Å². The van der Waals surface area contributed by atoms with Crippen molar-refractivity contribution in [2.45, 2.75) is 18.5 Å². The minimum Gasteiger partial charge on any atom is -0.341 e. The summed E-state index contributed by atoms with van der Waals surface area (Å²) >= 11 is 0. The van der Waals surface area contributed by atoms with E-state index in [1.807, 2.05) is 30.3 Å². The maximum absolute atomic E-state index is 11.8. The number of amides is 2. The number of hydroxylamine groups is 1. The van der Waals surface area contributed by atoms with Crippen molar-refractivity contribution in [2.24, 2.45) is 5.73 Å².